The molecule has 0 spiro atoms. The molecule has 6 nitrogen and oxygen atoms in total. The van der Waals surface area contributed by atoms with Crippen LogP contribution in [0.3, 0.4) is 0 Å². The molecular weight excluding hydrogens is 306 g/mol. The fourth-order valence-electron chi connectivity index (χ4n) is 2.35. The van der Waals surface area contributed by atoms with Gasteiger partial charge in [-0.15, -0.1) is 0 Å². The fourth-order valence-corrected chi connectivity index (χ4v) is 2.50. The summed E-state index contributed by atoms with van der Waals surface area (Å²) in [5.41, 5.74) is 1.48. The zero-order chi connectivity index (χ0) is 16.1. The van der Waals surface area contributed by atoms with Gasteiger partial charge in [-0.25, -0.2) is 0 Å². The molecule has 2 rings (SSSR count). The second-order valence-corrected chi connectivity index (χ2v) is 5.67. The lowest BCUT2D eigenvalue weighted by Gasteiger charge is -2.31. The number of piperazine rings is 1. The lowest BCUT2D eigenvalue weighted by molar-refractivity contribution is -0.120. The molecule has 0 bridgehead atoms. The van der Waals surface area contributed by atoms with Gasteiger partial charge in [-0.1, -0.05) is 11.6 Å². The number of methoxy groups -OCH3 is 1. The van der Waals surface area contributed by atoms with E-state index in [1.807, 2.05) is 11.8 Å². The molecule has 1 aliphatic rings. The number of nitrogens with zero attached hydrogens (tertiary/aromatic N) is 2. The molecule has 0 atom stereocenters. The molecule has 120 valence electrons. The van der Waals surface area contributed by atoms with Crippen LogP contribution in [-0.4, -0.2) is 62.0 Å². The van der Waals surface area contributed by atoms with Crippen LogP contribution in [0, 0.1) is 6.92 Å². The molecular formula is C15H20ClN3O3. The Balaban J connectivity index is 1.95. The van der Waals surface area contributed by atoms with Crippen LogP contribution in [0.1, 0.15) is 5.56 Å². The third-order valence-corrected chi connectivity index (χ3v) is 4.09. The van der Waals surface area contributed by atoms with Gasteiger partial charge in [0, 0.05) is 37.3 Å². The largest absolute Gasteiger partial charge is 0.495 e. The van der Waals surface area contributed by atoms with Gasteiger partial charge in [0.2, 0.25) is 12.3 Å². The maximum Gasteiger partial charge on any atom is 0.238 e. The number of benzene rings is 1. The summed E-state index contributed by atoms with van der Waals surface area (Å²) < 4.78 is 5.24. The molecule has 1 heterocycles. The molecule has 0 saturated carbocycles. The Morgan fingerprint density at radius 2 is 2.05 bits per heavy atom. The van der Waals surface area contributed by atoms with Crippen molar-refractivity contribution < 1.29 is 14.3 Å². The Morgan fingerprint density at radius 3 is 2.64 bits per heavy atom. The highest BCUT2D eigenvalue weighted by atomic mass is 35.5. The van der Waals surface area contributed by atoms with Gasteiger partial charge in [0.15, 0.2) is 0 Å². The molecule has 1 N–H and O–H groups in total. The van der Waals surface area contributed by atoms with Crippen molar-refractivity contribution >= 4 is 29.6 Å². The van der Waals surface area contributed by atoms with Crippen LogP contribution in [0.2, 0.25) is 5.02 Å². The fraction of sp³-hybridized carbons (Fsp3) is 0.467. The molecule has 7 heteroatoms. The number of anilines is 1. The van der Waals surface area contributed by atoms with Crippen LogP contribution in [0.5, 0.6) is 5.75 Å². The van der Waals surface area contributed by atoms with Crippen molar-refractivity contribution in [3.05, 3.63) is 22.7 Å². The second-order valence-electron chi connectivity index (χ2n) is 5.27. The number of amides is 2. The monoisotopic (exact) mass is 325 g/mol. The van der Waals surface area contributed by atoms with Crippen LogP contribution in [-0.2, 0) is 9.59 Å². The van der Waals surface area contributed by atoms with Crippen molar-refractivity contribution in [1.29, 1.82) is 0 Å². The van der Waals surface area contributed by atoms with E-state index >= 15 is 0 Å². The quantitative estimate of drug-likeness (QED) is 0.831. The van der Waals surface area contributed by atoms with Crippen molar-refractivity contribution in [2.24, 2.45) is 0 Å². The maximum atomic E-state index is 12.2. The third-order valence-electron chi connectivity index (χ3n) is 3.68. The molecule has 1 saturated heterocycles. The minimum Gasteiger partial charge on any atom is -0.495 e. The van der Waals surface area contributed by atoms with E-state index in [0.29, 0.717) is 42.6 Å². The topological polar surface area (TPSA) is 61.9 Å². The van der Waals surface area contributed by atoms with E-state index in [9.17, 15) is 9.59 Å². The van der Waals surface area contributed by atoms with Crippen molar-refractivity contribution in [1.82, 2.24) is 9.80 Å². The van der Waals surface area contributed by atoms with Gasteiger partial charge in [-0.2, -0.15) is 0 Å². The number of carbonyl (C=O) groups is 2. The Hall–Kier alpha value is -1.79. The highest BCUT2D eigenvalue weighted by Crippen LogP contribution is 2.30. The molecule has 1 aromatic rings. The minimum atomic E-state index is -0.112. The van der Waals surface area contributed by atoms with Crippen LogP contribution >= 0.6 is 11.6 Å². The first kappa shape index (κ1) is 16.6. The van der Waals surface area contributed by atoms with E-state index in [4.69, 9.17) is 16.3 Å². The first-order valence-electron chi connectivity index (χ1n) is 7.09. The predicted octanol–water partition coefficient (Wildman–Crippen LogP) is 1.37. The molecule has 0 radical (unpaired) electrons. The van der Waals surface area contributed by atoms with Gasteiger partial charge < -0.3 is 15.0 Å². The number of nitrogens with one attached hydrogen (secondary N) is 1. The number of carbonyl (C=O) groups excluding carboxylic acids is 2. The molecule has 0 aromatic heterocycles. The summed E-state index contributed by atoms with van der Waals surface area (Å²) in [5.74, 6) is 0.425. The van der Waals surface area contributed by atoms with Crippen molar-refractivity contribution in [3.8, 4) is 5.75 Å². The second kappa shape index (κ2) is 7.47. The Morgan fingerprint density at radius 1 is 1.36 bits per heavy atom. The van der Waals surface area contributed by atoms with Crippen LogP contribution < -0.4 is 10.1 Å². The van der Waals surface area contributed by atoms with E-state index < -0.39 is 0 Å². The number of hydrogen-bond acceptors (Lipinski definition) is 4. The molecule has 22 heavy (non-hydrogen) atoms. The molecule has 2 amide bonds. The number of ether oxygens (including phenoxy) is 1. The maximum absolute atomic E-state index is 12.2. The zero-order valence-corrected chi connectivity index (χ0v) is 13.5. The number of rotatable bonds is 5. The first-order valence-corrected chi connectivity index (χ1v) is 7.47. The summed E-state index contributed by atoms with van der Waals surface area (Å²) in [6.45, 7) is 4.86. The summed E-state index contributed by atoms with van der Waals surface area (Å²) in [6, 6.07) is 3.48. The zero-order valence-electron chi connectivity index (χ0n) is 12.8. The average molecular weight is 326 g/mol. The number of aryl methyl sites for hydroxylation is 1. The summed E-state index contributed by atoms with van der Waals surface area (Å²) in [5, 5.41) is 3.45. The molecule has 0 unspecified atom stereocenters. The van der Waals surface area contributed by atoms with E-state index in [-0.39, 0.29) is 12.5 Å². The lowest BCUT2D eigenvalue weighted by Crippen LogP contribution is -2.48. The third kappa shape index (κ3) is 4.11. The van der Waals surface area contributed by atoms with E-state index in [2.05, 4.69) is 5.32 Å². The summed E-state index contributed by atoms with van der Waals surface area (Å²) in [7, 11) is 1.54. The predicted molar refractivity (Wildman–Crippen MR) is 85.4 cm³/mol. The Kier molecular flexibility index (Phi) is 5.63. The normalized spacial score (nSPS) is 15.5. The van der Waals surface area contributed by atoms with E-state index in [1.165, 1.54) is 7.11 Å². The van der Waals surface area contributed by atoms with Gasteiger partial charge in [-0.05, 0) is 18.6 Å². The SMILES string of the molecule is COc1cc(Cl)c(C)cc1NC(=O)CN1CCN(C=O)CC1. The minimum absolute atomic E-state index is 0.112. The van der Waals surface area contributed by atoms with Gasteiger partial charge in [-0.3, -0.25) is 14.5 Å². The Bertz CT molecular complexity index is 557. The molecule has 0 aliphatic carbocycles. The smallest absolute Gasteiger partial charge is 0.238 e. The molecule has 1 aliphatic heterocycles. The van der Waals surface area contributed by atoms with Gasteiger partial charge >= 0.3 is 0 Å². The van der Waals surface area contributed by atoms with E-state index in [0.717, 1.165) is 12.0 Å². The number of halogens is 1. The van der Waals surface area contributed by atoms with Crippen LogP contribution in [0.15, 0.2) is 12.1 Å². The van der Waals surface area contributed by atoms with E-state index in [1.54, 1.807) is 17.0 Å². The van der Waals surface area contributed by atoms with Crippen LogP contribution in [0.25, 0.3) is 0 Å². The van der Waals surface area contributed by atoms with Crippen LogP contribution in [0.4, 0.5) is 5.69 Å². The van der Waals surface area contributed by atoms with Gasteiger partial charge in [0.25, 0.3) is 0 Å². The molecule has 1 fully saturated rings. The summed E-state index contributed by atoms with van der Waals surface area (Å²) in [6.07, 6.45) is 0.846. The van der Waals surface area contributed by atoms with Crippen molar-refractivity contribution in [3.63, 3.8) is 0 Å². The van der Waals surface area contributed by atoms with Gasteiger partial charge in [0.05, 0.1) is 19.3 Å². The summed E-state index contributed by atoms with van der Waals surface area (Å²) >= 11 is 6.05. The average Bonchev–Trinajstić information content (AvgIpc) is 2.51. The van der Waals surface area contributed by atoms with Gasteiger partial charge in [0.1, 0.15) is 5.75 Å². The number of hydrogen-bond donors (Lipinski definition) is 1. The first-order chi connectivity index (χ1) is 10.5. The highest BCUT2D eigenvalue weighted by Gasteiger charge is 2.18. The summed E-state index contributed by atoms with van der Waals surface area (Å²) in [4.78, 5) is 26.6. The lowest BCUT2D eigenvalue weighted by atomic mass is 10.2. The highest BCUT2D eigenvalue weighted by molar-refractivity contribution is 6.31. The van der Waals surface area contributed by atoms with Crippen molar-refractivity contribution in [2.75, 3.05) is 45.2 Å². The van der Waals surface area contributed by atoms with Crippen molar-refractivity contribution in [2.45, 2.75) is 6.92 Å². The Labute approximate surface area is 135 Å². The molecule has 1 aromatic carbocycles. The standard InChI is InChI=1S/C15H20ClN3O3/c1-11-7-13(14(22-2)8-12(11)16)17-15(21)9-18-3-5-19(10-20)6-4-18/h7-8,10H,3-6,9H2,1-2H3,(H,17,21).